The van der Waals surface area contributed by atoms with E-state index in [1.54, 1.807) is 13.8 Å². The van der Waals surface area contributed by atoms with Crippen molar-refractivity contribution < 1.29 is 19.1 Å². The molecule has 0 radical (unpaired) electrons. The van der Waals surface area contributed by atoms with Gasteiger partial charge < -0.3 is 19.4 Å². The van der Waals surface area contributed by atoms with Crippen molar-refractivity contribution in [3.63, 3.8) is 0 Å². The van der Waals surface area contributed by atoms with Crippen molar-refractivity contribution in [1.82, 2.24) is 9.88 Å². The first kappa shape index (κ1) is 21.7. The lowest BCUT2D eigenvalue weighted by Crippen LogP contribution is -2.35. The average molecular weight is 433 g/mol. The van der Waals surface area contributed by atoms with E-state index in [1.807, 2.05) is 38.1 Å². The molecular formula is C26H28N2O4. The van der Waals surface area contributed by atoms with E-state index in [-0.39, 0.29) is 13.2 Å². The highest BCUT2D eigenvalue weighted by molar-refractivity contribution is 6.08. The van der Waals surface area contributed by atoms with Crippen LogP contribution in [-0.2, 0) is 25.6 Å². The number of benzene rings is 2. The van der Waals surface area contributed by atoms with Gasteiger partial charge in [0.15, 0.2) is 0 Å². The van der Waals surface area contributed by atoms with Crippen LogP contribution in [0.3, 0.4) is 0 Å². The number of nitrogens with zero attached hydrogens (tertiary/aromatic N) is 1. The molecule has 0 atom stereocenters. The molecule has 6 heteroatoms. The van der Waals surface area contributed by atoms with Gasteiger partial charge in [-0.1, -0.05) is 36.4 Å². The number of nitrogens with one attached hydrogen (secondary N) is 1. The molecule has 0 bridgehead atoms. The number of allylic oxidation sites excluding steroid dienone is 2. The lowest BCUT2D eigenvalue weighted by molar-refractivity contribution is -0.140. The second-order valence-electron chi connectivity index (χ2n) is 7.84. The predicted molar refractivity (Wildman–Crippen MR) is 125 cm³/mol. The first-order valence-electron chi connectivity index (χ1n) is 11.0. The summed E-state index contributed by atoms with van der Waals surface area (Å²) in [7, 11) is 0. The van der Waals surface area contributed by atoms with Crippen LogP contribution in [0.25, 0.3) is 21.8 Å². The summed E-state index contributed by atoms with van der Waals surface area (Å²) in [6.07, 6.45) is 0. The molecule has 0 saturated heterocycles. The number of ether oxygens (including phenoxy) is 2. The topological polar surface area (TPSA) is 69.6 Å². The van der Waals surface area contributed by atoms with E-state index in [1.165, 1.54) is 0 Å². The molecule has 1 aromatic heterocycles. The minimum atomic E-state index is -0.506. The zero-order valence-electron chi connectivity index (χ0n) is 18.9. The standard InChI is InChI=1S/C26H28N2O4/c1-5-31-25(29)23-16(3)27-17(4)24(26(30)32-6-2)20(23)15-28-21-13-9-7-11-18(21)19-12-8-10-14-22(19)28/h7-14,20,27H,5-6,15H2,1-4H3. The van der Waals surface area contributed by atoms with Crippen molar-refractivity contribution in [2.24, 2.45) is 5.92 Å². The van der Waals surface area contributed by atoms with Crippen LogP contribution in [0.15, 0.2) is 71.1 Å². The summed E-state index contributed by atoms with van der Waals surface area (Å²) in [6, 6.07) is 16.4. The third-order valence-electron chi connectivity index (χ3n) is 5.92. The number of hydrogen-bond donors (Lipinski definition) is 1. The molecule has 0 saturated carbocycles. The smallest absolute Gasteiger partial charge is 0.336 e. The Morgan fingerprint density at radius 1 is 0.812 bits per heavy atom. The first-order valence-corrected chi connectivity index (χ1v) is 11.0. The van der Waals surface area contributed by atoms with Crippen LogP contribution < -0.4 is 5.32 Å². The zero-order valence-corrected chi connectivity index (χ0v) is 18.9. The van der Waals surface area contributed by atoms with Crippen molar-refractivity contribution in [2.75, 3.05) is 13.2 Å². The molecule has 1 aliphatic rings. The van der Waals surface area contributed by atoms with E-state index in [0.717, 1.165) is 21.8 Å². The molecule has 0 amide bonds. The highest BCUT2D eigenvalue weighted by Crippen LogP contribution is 2.36. The molecule has 32 heavy (non-hydrogen) atoms. The molecule has 0 unspecified atom stereocenters. The summed E-state index contributed by atoms with van der Waals surface area (Å²) in [5.41, 5.74) is 4.41. The predicted octanol–water partition coefficient (Wildman–Crippen LogP) is 4.69. The lowest BCUT2D eigenvalue weighted by atomic mass is 9.85. The summed E-state index contributed by atoms with van der Waals surface area (Å²) in [5.74, 6) is -1.34. The van der Waals surface area contributed by atoms with Gasteiger partial charge in [0.1, 0.15) is 0 Å². The number of rotatable bonds is 6. The number of dihydropyridines is 1. The van der Waals surface area contributed by atoms with Crippen LogP contribution in [0.5, 0.6) is 0 Å². The minimum absolute atomic E-state index is 0.259. The number of para-hydroxylation sites is 2. The van der Waals surface area contributed by atoms with E-state index in [0.29, 0.717) is 29.1 Å². The van der Waals surface area contributed by atoms with Crippen LogP contribution in [-0.4, -0.2) is 29.7 Å². The molecule has 166 valence electrons. The van der Waals surface area contributed by atoms with Crippen molar-refractivity contribution in [1.29, 1.82) is 0 Å². The zero-order chi connectivity index (χ0) is 22.8. The molecule has 0 spiro atoms. The molecule has 4 rings (SSSR count). The van der Waals surface area contributed by atoms with Gasteiger partial charge in [-0.2, -0.15) is 0 Å². The maximum absolute atomic E-state index is 13.0. The Kier molecular flexibility index (Phi) is 6.04. The van der Waals surface area contributed by atoms with Gasteiger partial charge in [-0.3, -0.25) is 0 Å². The quantitative estimate of drug-likeness (QED) is 0.573. The molecule has 2 heterocycles. The van der Waals surface area contributed by atoms with E-state index < -0.39 is 17.9 Å². The van der Waals surface area contributed by atoms with Gasteiger partial charge in [0, 0.05) is 45.7 Å². The second kappa shape index (κ2) is 8.91. The summed E-state index contributed by atoms with van der Waals surface area (Å²) < 4.78 is 12.9. The summed E-state index contributed by atoms with van der Waals surface area (Å²) in [4.78, 5) is 26.0. The van der Waals surface area contributed by atoms with Crippen LogP contribution in [0, 0.1) is 5.92 Å². The van der Waals surface area contributed by atoms with Crippen LogP contribution in [0.1, 0.15) is 27.7 Å². The average Bonchev–Trinajstić information content (AvgIpc) is 3.08. The SMILES string of the molecule is CCOC(=O)C1=C(C)NC(C)=C(C(=O)OCC)C1Cn1c2ccccc2c2ccccc21. The van der Waals surface area contributed by atoms with E-state index in [9.17, 15) is 9.59 Å². The van der Waals surface area contributed by atoms with Gasteiger partial charge in [-0.15, -0.1) is 0 Å². The largest absolute Gasteiger partial charge is 0.463 e. The Hall–Kier alpha value is -3.54. The highest BCUT2D eigenvalue weighted by Gasteiger charge is 2.37. The number of carbonyl (C=O) groups excluding carboxylic acids is 2. The van der Waals surface area contributed by atoms with Gasteiger partial charge in [-0.25, -0.2) is 9.59 Å². The van der Waals surface area contributed by atoms with Gasteiger partial charge in [0.2, 0.25) is 0 Å². The fraction of sp³-hybridized carbons (Fsp3) is 0.308. The maximum atomic E-state index is 13.0. The maximum Gasteiger partial charge on any atom is 0.336 e. The Morgan fingerprint density at radius 3 is 1.69 bits per heavy atom. The molecule has 1 N–H and O–H groups in total. The molecule has 1 aliphatic heterocycles. The van der Waals surface area contributed by atoms with Gasteiger partial charge in [-0.05, 0) is 39.8 Å². The van der Waals surface area contributed by atoms with E-state index in [2.05, 4.69) is 34.1 Å². The van der Waals surface area contributed by atoms with Crippen molar-refractivity contribution in [2.45, 2.75) is 34.2 Å². The van der Waals surface area contributed by atoms with E-state index in [4.69, 9.17) is 9.47 Å². The van der Waals surface area contributed by atoms with Gasteiger partial charge in [0.05, 0.1) is 24.4 Å². The van der Waals surface area contributed by atoms with Crippen LogP contribution in [0.4, 0.5) is 0 Å². The Labute approximate surface area is 187 Å². The molecule has 0 aliphatic carbocycles. The molecule has 3 aromatic rings. The molecular weight excluding hydrogens is 404 g/mol. The normalized spacial score (nSPS) is 14.8. The Morgan fingerprint density at radius 2 is 1.25 bits per heavy atom. The lowest BCUT2D eigenvalue weighted by Gasteiger charge is -2.30. The summed E-state index contributed by atoms with van der Waals surface area (Å²) in [5, 5.41) is 5.46. The summed E-state index contributed by atoms with van der Waals surface area (Å²) in [6.45, 7) is 8.17. The van der Waals surface area contributed by atoms with Crippen LogP contribution >= 0.6 is 0 Å². The van der Waals surface area contributed by atoms with Crippen molar-refractivity contribution in [3.8, 4) is 0 Å². The first-order chi connectivity index (χ1) is 15.5. The fourth-order valence-electron chi connectivity index (χ4n) is 4.66. The minimum Gasteiger partial charge on any atom is -0.463 e. The highest BCUT2D eigenvalue weighted by atomic mass is 16.5. The number of aromatic nitrogens is 1. The molecule has 0 fully saturated rings. The molecule has 6 nitrogen and oxygen atoms in total. The molecule has 2 aromatic carbocycles. The Balaban J connectivity index is 1.91. The van der Waals surface area contributed by atoms with E-state index >= 15 is 0 Å². The van der Waals surface area contributed by atoms with Gasteiger partial charge in [0.25, 0.3) is 0 Å². The van der Waals surface area contributed by atoms with Gasteiger partial charge >= 0.3 is 11.9 Å². The fourth-order valence-corrected chi connectivity index (χ4v) is 4.66. The van der Waals surface area contributed by atoms with Crippen LogP contribution in [0.2, 0.25) is 0 Å². The number of hydrogen-bond acceptors (Lipinski definition) is 5. The second-order valence-corrected chi connectivity index (χ2v) is 7.84. The number of fused-ring (bicyclic) bond motifs is 3. The number of esters is 2. The Bertz CT molecular complexity index is 1170. The third-order valence-corrected chi connectivity index (χ3v) is 5.92. The summed E-state index contributed by atoms with van der Waals surface area (Å²) >= 11 is 0. The number of carbonyl (C=O) groups is 2. The van der Waals surface area contributed by atoms with Crippen molar-refractivity contribution >= 4 is 33.7 Å². The monoisotopic (exact) mass is 432 g/mol. The van der Waals surface area contributed by atoms with Crippen molar-refractivity contribution in [3.05, 3.63) is 71.1 Å². The third kappa shape index (κ3) is 3.66.